The second-order valence-corrected chi connectivity index (χ2v) is 5.99. The van der Waals surface area contributed by atoms with Gasteiger partial charge in [0.2, 0.25) is 0 Å². The molecule has 0 radical (unpaired) electrons. The monoisotopic (exact) mass is 566 g/mol. The van der Waals surface area contributed by atoms with Crippen molar-refractivity contribution < 1.29 is 69.0 Å². The second kappa shape index (κ2) is 24.2. The van der Waals surface area contributed by atoms with Crippen LogP contribution in [0.4, 0.5) is 0 Å². The Morgan fingerprint density at radius 1 is 0.649 bits per heavy atom. The number of benzene rings is 2. The van der Waals surface area contributed by atoms with Crippen LogP contribution in [0.3, 0.4) is 0 Å². The fraction of sp³-hybridized carbons (Fsp3) is 0.167. The predicted octanol–water partition coefficient (Wildman–Crippen LogP) is -2.30. The summed E-state index contributed by atoms with van der Waals surface area (Å²) >= 11 is 0. The summed E-state index contributed by atoms with van der Waals surface area (Å²) < 4.78 is 0. The van der Waals surface area contributed by atoms with Crippen LogP contribution in [0.2, 0.25) is 0 Å². The Morgan fingerprint density at radius 2 is 0.919 bits per heavy atom. The fourth-order valence-corrected chi connectivity index (χ4v) is 2.36. The average molecular weight is 566 g/mol. The first-order valence-electron chi connectivity index (χ1n) is 9.73. The summed E-state index contributed by atoms with van der Waals surface area (Å²) in [6.45, 7) is 3.86. The van der Waals surface area contributed by atoms with Gasteiger partial charge in [0.1, 0.15) is 0 Å². The smallest absolute Gasteiger partial charge is 0.543 e. The summed E-state index contributed by atoms with van der Waals surface area (Å²) in [4.78, 5) is 28.8. The zero-order chi connectivity index (χ0) is 23.9. The summed E-state index contributed by atoms with van der Waals surface area (Å²) in [5.41, 5.74) is 1.28. The van der Waals surface area contributed by atoms with Gasteiger partial charge >= 0.3 is 17.1 Å². The molecule has 12 N–H and O–H groups in total. The molecule has 0 saturated heterocycles. The molecule has 37 heavy (non-hydrogen) atoms. The van der Waals surface area contributed by atoms with Gasteiger partial charge in [-0.2, -0.15) is 0 Å². The number of carbonyl (C=O) groups is 2. The molecule has 206 valence electrons. The van der Waals surface area contributed by atoms with E-state index in [0.717, 1.165) is 10.8 Å². The number of nitrogens with zero attached hydrogens (tertiary/aromatic N) is 2. The number of hydrogen-bond donors (Lipinski definition) is 2. The average Bonchev–Trinajstić information content (AvgIpc) is 2.80. The van der Waals surface area contributed by atoms with Crippen LogP contribution in [0.25, 0.3) is 21.8 Å². The number of fused-ring (bicyclic) bond motifs is 2. The molecule has 12 nitrogen and oxygen atoms in total. The van der Waals surface area contributed by atoms with Gasteiger partial charge in [0.15, 0.2) is 0 Å². The van der Waals surface area contributed by atoms with Crippen molar-refractivity contribution >= 4 is 33.7 Å². The van der Waals surface area contributed by atoms with Crippen LogP contribution in [-0.2, 0) is 28.0 Å². The van der Waals surface area contributed by atoms with Crippen LogP contribution in [0, 0.1) is 0 Å². The molecule has 0 unspecified atom stereocenters. The molecule has 13 heteroatoms. The van der Waals surface area contributed by atoms with Gasteiger partial charge in [0, 0.05) is 24.0 Å². The zero-order valence-corrected chi connectivity index (χ0v) is 21.4. The summed E-state index contributed by atoms with van der Waals surface area (Å²) in [7, 11) is 0. The molecule has 0 aliphatic rings. The van der Waals surface area contributed by atoms with Crippen molar-refractivity contribution in [3.05, 3.63) is 84.2 Å². The van der Waals surface area contributed by atoms with Gasteiger partial charge in [0.25, 0.3) is 0 Å². The van der Waals surface area contributed by atoms with E-state index < -0.39 is 11.9 Å². The summed E-state index contributed by atoms with van der Waals surface area (Å²) in [6, 6.07) is 21.0. The maximum Gasteiger partial charge on any atom is 2.00 e. The van der Waals surface area contributed by atoms with Crippen molar-refractivity contribution in [3.63, 3.8) is 0 Å². The number of aromatic carboxylic acids is 2. The number of aliphatic hydroxyl groups is 2. The molecule has 0 bridgehead atoms. The van der Waals surface area contributed by atoms with Crippen LogP contribution in [0.15, 0.2) is 72.8 Å². The van der Waals surface area contributed by atoms with Gasteiger partial charge in [-0.25, -0.2) is 9.97 Å². The normalized spacial score (nSPS) is 8.11. The molecule has 4 rings (SSSR count). The molecule has 2 aromatic heterocycles. The van der Waals surface area contributed by atoms with Gasteiger partial charge in [-0.1, -0.05) is 48.5 Å². The van der Waals surface area contributed by atoms with E-state index in [2.05, 4.69) is 9.97 Å². The Kier molecular flexibility index (Phi) is 28.5. The van der Waals surface area contributed by atoms with Gasteiger partial charge in [-0.3, -0.25) is 0 Å². The molecule has 0 aliphatic heterocycles. The maximum atomic E-state index is 10.5. The molecule has 2 aromatic carbocycles. The summed E-state index contributed by atoms with van der Waals surface area (Å²) in [5, 5.41) is 37.9. The fourth-order valence-electron chi connectivity index (χ4n) is 2.36. The van der Waals surface area contributed by atoms with Crippen molar-refractivity contribution in [1.29, 1.82) is 0 Å². The van der Waals surface area contributed by atoms with Crippen LogP contribution >= 0.6 is 0 Å². The van der Waals surface area contributed by atoms with Gasteiger partial charge < -0.3 is 51.9 Å². The minimum absolute atomic E-state index is 0. The first-order valence-corrected chi connectivity index (χ1v) is 9.73. The molecule has 0 amide bonds. The van der Waals surface area contributed by atoms with Crippen LogP contribution < -0.4 is 10.2 Å². The third-order valence-electron chi connectivity index (χ3n) is 3.62. The summed E-state index contributed by atoms with van der Waals surface area (Å²) in [6.07, 6.45) is 0. The maximum absolute atomic E-state index is 10.5. The van der Waals surface area contributed by atoms with Crippen LogP contribution in [0.1, 0.15) is 34.8 Å². The molecule has 0 aliphatic carbocycles. The van der Waals surface area contributed by atoms with E-state index in [1.807, 2.05) is 36.4 Å². The van der Waals surface area contributed by atoms with E-state index in [9.17, 15) is 19.8 Å². The van der Waals surface area contributed by atoms with E-state index in [4.69, 9.17) is 10.2 Å². The van der Waals surface area contributed by atoms with Crippen molar-refractivity contribution in [1.82, 2.24) is 9.97 Å². The number of carboxylic acid groups (broad SMARTS) is 2. The van der Waals surface area contributed by atoms with Crippen LogP contribution in [0.5, 0.6) is 0 Å². The Balaban J connectivity index is -0.000000137. The second-order valence-electron chi connectivity index (χ2n) is 5.99. The largest absolute Gasteiger partial charge is 2.00 e. The quantitative estimate of drug-likeness (QED) is 0.196. The SMILES string of the molecule is CCO.CCO.O.O.O=C([O-])c1ccc2ccccc2n1.O=C([O-])c1ccc2ccccc2n1.[Fe+2].[OH3+].[OH3+]. The third kappa shape index (κ3) is 15.3. The Morgan fingerprint density at radius 3 is 1.19 bits per heavy atom. The first kappa shape index (κ1) is 43.5. The van der Waals surface area contributed by atoms with Crippen molar-refractivity contribution in [2.24, 2.45) is 0 Å². The standard InChI is InChI=1S/2C10H7NO2.2C2H6O.Fe.4H2O/c2*12-10(13)9-6-5-7-3-1-2-4-8(7)11-9;2*1-2-3;;;;;/h2*1-6H,(H,12,13);2*3H,2H2,1H3;;4*1H2/q;;;;+2;;;;. The third-order valence-corrected chi connectivity index (χ3v) is 3.62. The zero-order valence-electron chi connectivity index (χ0n) is 20.3. The molecule has 2 heterocycles. The Labute approximate surface area is 224 Å². The van der Waals surface area contributed by atoms with E-state index in [1.54, 1.807) is 38.1 Å². The van der Waals surface area contributed by atoms with E-state index in [0.29, 0.717) is 11.0 Å². The number of hydrogen-bond acceptors (Lipinski definition) is 8. The Bertz CT molecular complexity index is 1070. The minimum Gasteiger partial charge on any atom is -0.543 e. The van der Waals surface area contributed by atoms with Crippen molar-refractivity contribution in [2.75, 3.05) is 13.2 Å². The van der Waals surface area contributed by atoms with Crippen molar-refractivity contribution in [3.8, 4) is 0 Å². The molecular weight excluding hydrogens is 532 g/mol. The van der Waals surface area contributed by atoms with Gasteiger partial charge in [-0.15, -0.1) is 0 Å². The number of aromatic nitrogens is 2. The molecule has 4 aromatic rings. The molecule has 0 saturated carbocycles. The van der Waals surface area contributed by atoms with E-state index in [1.165, 1.54) is 12.1 Å². The summed E-state index contributed by atoms with van der Waals surface area (Å²) in [5.74, 6) is -2.49. The molecule has 0 atom stereocenters. The number of carbonyl (C=O) groups excluding carboxylic acids is 2. The number of para-hydroxylation sites is 2. The van der Waals surface area contributed by atoms with E-state index in [-0.39, 0.29) is 63.6 Å². The first-order chi connectivity index (χ1) is 15.4. The van der Waals surface area contributed by atoms with Gasteiger partial charge in [-0.05, 0) is 38.1 Å². The molecule has 0 spiro atoms. The minimum atomic E-state index is -1.24. The van der Waals surface area contributed by atoms with Crippen molar-refractivity contribution in [2.45, 2.75) is 13.8 Å². The topological polar surface area (TPSA) is 276 Å². The van der Waals surface area contributed by atoms with Gasteiger partial charge in [0.05, 0.1) is 34.4 Å². The Hall–Kier alpha value is -3.52. The van der Waals surface area contributed by atoms with Crippen LogP contribution in [-0.4, -0.2) is 56.3 Å². The number of rotatable bonds is 2. The number of aliphatic hydroxyl groups excluding tert-OH is 2. The number of carboxylic acids is 2. The predicted molar refractivity (Wildman–Crippen MR) is 135 cm³/mol. The molecular formula is C24H34FeN2O10+2. The molecule has 0 fully saturated rings. The van der Waals surface area contributed by atoms with E-state index >= 15 is 0 Å². The number of pyridine rings is 2.